The Morgan fingerprint density at radius 1 is 0.905 bits per heavy atom. The molecule has 0 radical (unpaired) electrons. The van der Waals surface area contributed by atoms with Crippen LogP contribution in [0, 0.1) is 0 Å². The third-order valence-electron chi connectivity index (χ3n) is 3.26. The zero-order valence-electron chi connectivity index (χ0n) is 10.6. The Balaban J connectivity index is 2.11. The minimum atomic E-state index is -0.323. The summed E-state index contributed by atoms with van der Waals surface area (Å²) in [5.74, 6) is -0.875. The van der Waals surface area contributed by atoms with Crippen LogP contribution >= 0.6 is 23.2 Å². The zero-order valence-corrected chi connectivity index (χ0v) is 12.1. The molecule has 0 amide bonds. The van der Waals surface area contributed by atoms with E-state index in [1.165, 1.54) is 18.2 Å². The first-order valence-electron chi connectivity index (χ1n) is 6.07. The van der Waals surface area contributed by atoms with Gasteiger partial charge in [0.1, 0.15) is 0 Å². The van der Waals surface area contributed by atoms with Crippen LogP contribution in [0.15, 0.2) is 42.0 Å². The number of benzene rings is 2. The van der Waals surface area contributed by atoms with Gasteiger partial charge in [0.2, 0.25) is 0 Å². The standard InChI is InChI=1S/C16H8Cl2O3/c17-12-6-8(7-13(18)16(12)21)5-11-14(19)9-3-1-2-4-10(9)15(11)20/h1-7,21H. The highest BCUT2D eigenvalue weighted by Crippen LogP contribution is 2.34. The number of carbonyl (C=O) groups is 2. The van der Waals surface area contributed by atoms with E-state index < -0.39 is 0 Å². The van der Waals surface area contributed by atoms with E-state index in [1.54, 1.807) is 24.3 Å². The molecular formula is C16H8Cl2O3. The van der Waals surface area contributed by atoms with Crippen molar-refractivity contribution in [2.75, 3.05) is 0 Å². The summed E-state index contributed by atoms with van der Waals surface area (Å²) in [5.41, 5.74) is 1.33. The van der Waals surface area contributed by atoms with E-state index in [0.29, 0.717) is 16.7 Å². The van der Waals surface area contributed by atoms with E-state index in [-0.39, 0.29) is 32.9 Å². The number of allylic oxidation sites excluding steroid dienone is 1. The quantitative estimate of drug-likeness (QED) is 0.634. The van der Waals surface area contributed by atoms with Gasteiger partial charge in [0.05, 0.1) is 15.6 Å². The van der Waals surface area contributed by atoms with Gasteiger partial charge in [-0.25, -0.2) is 0 Å². The molecule has 0 heterocycles. The first kappa shape index (κ1) is 13.9. The molecule has 1 N–H and O–H groups in total. The summed E-state index contributed by atoms with van der Waals surface area (Å²) >= 11 is 11.7. The highest BCUT2D eigenvalue weighted by Gasteiger charge is 2.32. The lowest BCUT2D eigenvalue weighted by Crippen LogP contribution is -2.00. The van der Waals surface area contributed by atoms with Crippen LogP contribution in [0.4, 0.5) is 0 Å². The van der Waals surface area contributed by atoms with Crippen molar-refractivity contribution in [2.45, 2.75) is 0 Å². The summed E-state index contributed by atoms with van der Waals surface area (Å²) in [6, 6.07) is 9.54. The molecule has 104 valence electrons. The Kier molecular flexibility index (Phi) is 3.32. The van der Waals surface area contributed by atoms with Crippen molar-refractivity contribution in [1.82, 2.24) is 0 Å². The number of carbonyl (C=O) groups excluding carboxylic acids is 2. The summed E-state index contributed by atoms with van der Waals surface area (Å²) in [5, 5.41) is 9.64. The van der Waals surface area contributed by atoms with Crippen LogP contribution < -0.4 is 0 Å². The molecule has 3 nitrogen and oxygen atoms in total. The van der Waals surface area contributed by atoms with Crippen molar-refractivity contribution in [3.8, 4) is 5.75 Å². The average Bonchev–Trinajstić information content (AvgIpc) is 2.70. The molecule has 2 aromatic rings. The SMILES string of the molecule is O=C1C(=Cc2cc(Cl)c(O)c(Cl)c2)C(=O)c2ccccc21. The molecule has 0 atom stereocenters. The van der Waals surface area contributed by atoms with Gasteiger partial charge in [0.25, 0.3) is 0 Å². The highest BCUT2D eigenvalue weighted by atomic mass is 35.5. The number of hydrogen-bond acceptors (Lipinski definition) is 3. The summed E-state index contributed by atoms with van der Waals surface area (Å²) in [6.45, 7) is 0. The van der Waals surface area contributed by atoms with Gasteiger partial charge in [-0.05, 0) is 23.8 Å². The topological polar surface area (TPSA) is 54.4 Å². The van der Waals surface area contributed by atoms with Gasteiger partial charge >= 0.3 is 0 Å². The first-order valence-corrected chi connectivity index (χ1v) is 6.83. The Morgan fingerprint density at radius 3 is 1.86 bits per heavy atom. The average molecular weight is 319 g/mol. The van der Waals surface area contributed by atoms with Gasteiger partial charge in [0, 0.05) is 11.1 Å². The second-order valence-electron chi connectivity index (χ2n) is 4.60. The van der Waals surface area contributed by atoms with Crippen molar-refractivity contribution in [1.29, 1.82) is 0 Å². The molecule has 0 unspecified atom stereocenters. The van der Waals surface area contributed by atoms with Gasteiger partial charge in [-0.2, -0.15) is 0 Å². The van der Waals surface area contributed by atoms with Crippen LogP contribution in [0.3, 0.4) is 0 Å². The van der Waals surface area contributed by atoms with Crippen LogP contribution in [0.25, 0.3) is 6.08 Å². The number of hydrogen-bond donors (Lipinski definition) is 1. The Hall–Kier alpha value is -2.10. The molecule has 1 aliphatic carbocycles. The molecule has 0 bridgehead atoms. The number of phenols is 1. The molecule has 0 saturated heterocycles. The number of halogens is 2. The van der Waals surface area contributed by atoms with Crippen LogP contribution in [-0.2, 0) is 0 Å². The molecule has 0 fully saturated rings. The fourth-order valence-electron chi connectivity index (χ4n) is 2.24. The normalized spacial score (nSPS) is 13.5. The molecule has 2 aromatic carbocycles. The van der Waals surface area contributed by atoms with E-state index >= 15 is 0 Å². The number of phenolic OH excluding ortho intramolecular Hbond substituents is 1. The maximum absolute atomic E-state index is 12.2. The van der Waals surface area contributed by atoms with E-state index in [4.69, 9.17) is 23.2 Å². The Morgan fingerprint density at radius 2 is 1.38 bits per heavy atom. The largest absolute Gasteiger partial charge is 0.505 e. The Bertz CT molecular complexity index is 762. The second kappa shape index (κ2) is 5.02. The van der Waals surface area contributed by atoms with Crippen molar-refractivity contribution < 1.29 is 14.7 Å². The smallest absolute Gasteiger partial charge is 0.197 e. The molecular weight excluding hydrogens is 311 g/mol. The third kappa shape index (κ3) is 2.24. The number of Topliss-reactive ketones (excluding diaryl/α,β-unsaturated/α-hetero) is 2. The predicted octanol–water partition coefficient (Wildman–Crippen LogP) is 4.16. The molecule has 0 saturated carbocycles. The van der Waals surface area contributed by atoms with E-state index in [9.17, 15) is 14.7 Å². The molecule has 3 rings (SSSR count). The Labute approximate surface area is 130 Å². The van der Waals surface area contributed by atoms with E-state index in [0.717, 1.165) is 0 Å². The second-order valence-corrected chi connectivity index (χ2v) is 5.41. The molecule has 21 heavy (non-hydrogen) atoms. The first-order chi connectivity index (χ1) is 9.99. The zero-order chi connectivity index (χ0) is 15.1. The van der Waals surface area contributed by atoms with E-state index in [1.807, 2.05) is 0 Å². The number of aromatic hydroxyl groups is 1. The van der Waals surface area contributed by atoms with Crippen molar-refractivity contribution in [3.63, 3.8) is 0 Å². The van der Waals surface area contributed by atoms with Crippen LogP contribution in [0.2, 0.25) is 10.0 Å². The molecule has 0 aliphatic heterocycles. The fraction of sp³-hybridized carbons (Fsp3) is 0. The lowest BCUT2D eigenvalue weighted by molar-refractivity contribution is 0.0990. The molecule has 0 aromatic heterocycles. The number of rotatable bonds is 1. The molecule has 1 aliphatic rings. The van der Waals surface area contributed by atoms with Gasteiger partial charge < -0.3 is 5.11 Å². The molecule has 0 spiro atoms. The number of fused-ring (bicyclic) bond motifs is 1. The van der Waals surface area contributed by atoms with Gasteiger partial charge in [-0.3, -0.25) is 9.59 Å². The lowest BCUT2D eigenvalue weighted by atomic mass is 10.1. The molecule has 5 heteroatoms. The van der Waals surface area contributed by atoms with Crippen LogP contribution in [0.1, 0.15) is 26.3 Å². The minimum Gasteiger partial charge on any atom is -0.505 e. The van der Waals surface area contributed by atoms with Crippen molar-refractivity contribution in [3.05, 3.63) is 68.7 Å². The van der Waals surface area contributed by atoms with E-state index in [2.05, 4.69) is 0 Å². The highest BCUT2D eigenvalue weighted by molar-refractivity contribution is 6.41. The maximum Gasteiger partial charge on any atom is 0.197 e. The minimum absolute atomic E-state index is 0.0600. The van der Waals surface area contributed by atoms with Crippen LogP contribution in [0.5, 0.6) is 5.75 Å². The van der Waals surface area contributed by atoms with Gasteiger partial charge in [-0.15, -0.1) is 0 Å². The van der Waals surface area contributed by atoms with Crippen LogP contribution in [-0.4, -0.2) is 16.7 Å². The number of ketones is 2. The lowest BCUT2D eigenvalue weighted by Gasteiger charge is -2.02. The summed E-state index contributed by atoms with van der Waals surface area (Å²) in [4.78, 5) is 24.5. The summed E-state index contributed by atoms with van der Waals surface area (Å²) < 4.78 is 0. The van der Waals surface area contributed by atoms with Crippen molar-refractivity contribution >= 4 is 40.8 Å². The summed E-state index contributed by atoms with van der Waals surface area (Å²) in [7, 11) is 0. The van der Waals surface area contributed by atoms with Gasteiger partial charge in [0.15, 0.2) is 17.3 Å². The maximum atomic E-state index is 12.2. The monoisotopic (exact) mass is 318 g/mol. The summed E-state index contributed by atoms with van der Waals surface area (Å²) in [6.07, 6.45) is 1.43. The fourth-order valence-corrected chi connectivity index (χ4v) is 2.74. The van der Waals surface area contributed by atoms with Crippen molar-refractivity contribution in [2.24, 2.45) is 0 Å². The predicted molar refractivity (Wildman–Crippen MR) is 81.2 cm³/mol. The third-order valence-corrected chi connectivity index (χ3v) is 3.83. The van der Waals surface area contributed by atoms with Gasteiger partial charge in [-0.1, -0.05) is 47.5 Å².